The molecule has 0 aliphatic rings. The summed E-state index contributed by atoms with van der Waals surface area (Å²) in [7, 11) is 1.77. The Balaban J connectivity index is 1.89. The van der Waals surface area contributed by atoms with Crippen molar-refractivity contribution in [3.63, 3.8) is 0 Å². The predicted molar refractivity (Wildman–Crippen MR) is 85.2 cm³/mol. The Labute approximate surface area is 136 Å². The number of aliphatic carboxylic acids is 1. The van der Waals surface area contributed by atoms with Crippen molar-refractivity contribution in [2.75, 3.05) is 7.05 Å². The van der Waals surface area contributed by atoms with Gasteiger partial charge in [-0.1, -0.05) is 11.2 Å². The van der Waals surface area contributed by atoms with Gasteiger partial charge in [-0.05, 0) is 38.6 Å². The number of hydrogen-bond acceptors (Lipinski definition) is 7. The first kappa shape index (κ1) is 15.6. The lowest BCUT2D eigenvalue weighted by atomic mass is 10.0. The number of carboxylic acid groups (broad SMARTS) is 1. The molecule has 0 aliphatic heterocycles. The zero-order chi connectivity index (χ0) is 16.6. The minimum atomic E-state index is -0.932. The molecular formula is C15H16N4O3S. The summed E-state index contributed by atoms with van der Waals surface area (Å²) >= 11 is 1.17. The summed E-state index contributed by atoms with van der Waals surface area (Å²) in [4.78, 5) is 13.5. The van der Waals surface area contributed by atoms with Crippen molar-refractivity contribution < 1.29 is 14.4 Å². The van der Waals surface area contributed by atoms with Gasteiger partial charge in [0.05, 0.1) is 17.4 Å². The summed E-state index contributed by atoms with van der Waals surface area (Å²) in [5.41, 5.74) is 3.86. The smallest absolute Gasteiger partial charge is 0.325 e. The number of rotatable bonds is 5. The summed E-state index contributed by atoms with van der Waals surface area (Å²) in [6, 6.07) is 4.95. The van der Waals surface area contributed by atoms with Gasteiger partial charge in [-0.15, -0.1) is 0 Å². The van der Waals surface area contributed by atoms with E-state index in [4.69, 9.17) is 4.52 Å². The minimum absolute atomic E-state index is 0.467. The number of aryl methyl sites for hydroxylation is 2. The van der Waals surface area contributed by atoms with Crippen molar-refractivity contribution in [1.29, 1.82) is 0 Å². The molecule has 3 aromatic rings. The maximum Gasteiger partial charge on any atom is 0.325 e. The van der Waals surface area contributed by atoms with E-state index < -0.39 is 12.0 Å². The maximum atomic E-state index is 11.8. The highest BCUT2D eigenvalue weighted by Crippen LogP contribution is 2.28. The van der Waals surface area contributed by atoms with Crippen LogP contribution < -0.4 is 0 Å². The number of aromatic nitrogens is 3. The van der Waals surface area contributed by atoms with Crippen LogP contribution in [0.2, 0.25) is 0 Å². The highest BCUT2D eigenvalue weighted by Gasteiger charge is 2.30. The zero-order valence-corrected chi connectivity index (χ0v) is 13.8. The van der Waals surface area contributed by atoms with E-state index in [2.05, 4.69) is 13.9 Å². The maximum absolute atomic E-state index is 11.8. The highest BCUT2D eigenvalue weighted by molar-refractivity contribution is 7.00. The van der Waals surface area contributed by atoms with Crippen LogP contribution in [0.1, 0.15) is 28.6 Å². The highest BCUT2D eigenvalue weighted by atomic mass is 32.1. The van der Waals surface area contributed by atoms with Gasteiger partial charge in [0.25, 0.3) is 0 Å². The van der Waals surface area contributed by atoms with Gasteiger partial charge in [-0.3, -0.25) is 9.69 Å². The van der Waals surface area contributed by atoms with E-state index in [0.717, 1.165) is 16.6 Å². The average molecular weight is 332 g/mol. The lowest BCUT2D eigenvalue weighted by Crippen LogP contribution is -2.31. The monoisotopic (exact) mass is 332 g/mol. The van der Waals surface area contributed by atoms with Crippen LogP contribution in [0.25, 0.3) is 11.0 Å². The van der Waals surface area contributed by atoms with Crippen LogP contribution in [-0.2, 0) is 11.3 Å². The molecule has 2 heterocycles. The zero-order valence-electron chi connectivity index (χ0n) is 13.0. The van der Waals surface area contributed by atoms with Crippen molar-refractivity contribution in [3.8, 4) is 0 Å². The van der Waals surface area contributed by atoms with E-state index in [1.807, 2.05) is 18.2 Å². The van der Waals surface area contributed by atoms with E-state index in [-0.39, 0.29) is 0 Å². The third kappa shape index (κ3) is 2.95. The number of fused-ring (bicyclic) bond motifs is 1. The normalized spacial score (nSPS) is 12.9. The molecule has 1 unspecified atom stereocenters. The van der Waals surface area contributed by atoms with Gasteiger partial charge in [0.1, 0.15) is 22.8 Å². The molecule has 0 amide bonds. The van der Waals surface area contributed by atoms with E-state index in [0.29, 0.717) is 23.6 Å². The standard InChI is InChI=1S/C15H16N4O3S/c1-8-13(9(2)22-16-8)14(15(20)21)19(3)7-10-4-5-11-12(6-10)18-23-17-11/h4-6,14H,7H2,1-3H3,(H,20,21). The molecule has 1 atom stereocenters. The predicted octanol–water partition coefficient (Wildman–Crippen LogP) is 2.55. The van der Waals surface area contributed by atoms with E-state index >= 15 is 0 Å². The van der Waals surface area contributed by atoms with Crippen LogP contribution in [0.5, 0.6) is 0 Å². The van der Waals surface area contributed by atoms with Crippen molar-refractivity contribution in [2.45, 2.75) is 26.4 Å². The second-order valence-corrected chi connectivity index (χ2v) is 6.01. The first-order chi connectivity index (χ1) is 11.0. The molecule has 1 N–H and O–H groups in total. The van der Waals surface area contributed by atoms with Crippen LogP contribution in [0, 0.1) is 13.8 Å². The molecule has 3 rings (SSSR count). The van der Waals surface area contributed by atoms with Gasteiger partial charge < -0.3 is 9.63 Å². The molecule has 7 nitrogen and oxygen atoms in total. The van der Waals surface area contributed by atoms with Gasteiger partial charge in [-0.2, -0.15) is 8.75 Å². The Kier molecular flexibility index (Phi) is 4.10. The van der Waals surface area contributed by atoms with Crippen molar-refractivity contribution in [1.82, 2.24) is 18.8 Å². The molecule has 0 bridgehead atoms. The summed E-state index contributed by atoms with van der Waals surface area (Å²) < 4.78 is 13.5. The largest absolute Gasteiger partial charge is 0.480 e. The number of likely N-dealkylation sites (N-methyl/N-ethyl adjacent to an activating group) is 1. The van der Waals surface area contributed by atoms with Crippen LogP contribution in [0.15, 0.2) is 22.7 Å². The van der Waals surface area contributed by atoms with Gasteiger partial charge in [0.15, 0.2) is 0 Å². The summed E-state index contributed by atoms with van der Waals surface area (Å²) in [5.74, 6) is -0.404. The fourth-order valence-electron chi connectivity index (χ4n) is 2.72. The van der Waals surface area contributed by atoms with Gasteiger partial charge in [-0.25, -0.2) is 0 Å². The number of benzene rings is 1. The van der Waals surface area contributed by atoms with Gasteiger partial charge in [0.2, 0.25) is 0 Å². The van der Waals surface area contributed by atoms with Gasteiger partial charge >= 0.3 is 5.97 Å². The molecule has 0 saturated carbocycles. The Morgan fingerprint density at radius 1 is 1.35 bits per heavy atom. The van der Waals surface area contributed by atoms with E-state index in [9.17, 15) is 9.90 Å². The molecule has 120 valence electrons. The number of carbonyl (C=O) groups is 1. The van der Waals surface area contributed by atoms with Crippen LogP contribution in [-0.4, -0.2) is 36.9 Å². The van der Waals surface area contributed by atoms with Crippen LogP contribution in [0.4, 0.5) is 0 Å². The Bertz CT molecular complexity index is 838. The molecule has 8 heteroatoms. The Morgan fingerprint density at radius 2 is 2.09 bits per heavy atom. The van der Waals surface area contributed by atoms with E-state index in [1.165, 1.54) is 11.7 Å². The fourth-order valence-corrected chi connectivity index (χ4v) is 3.24. The Hall–Kier alpha value is -2.32. The molecule has 1 aromatic carbocycles. The molecule has 2 aromatic heterocycles. The second-order valence-electron chi connectivity index (χ2n) is 5.48. The fraction of sp³-hybridized carbons (Fsp3) is 0.333. The first-order valence-electron chi connectivity index (χ1n) is 7.04. The molecule has 0 aliphatic carbocycles. The van der Waals surface area contributed by atoms with Crippen molar-refractivity contribution in [3.05, 3.63) is 40.8 Å². The quantitative estimate of drug-likeness (QED) is 0.767. The molecule has 0 saturated heterocycles. The first-order valence-corrected chi connectivity index (χ1v) is 7.77. The minimum Gasteiger partial charge on any atom is -0.480 e. The third-order valence-electron chi connectivity index (χ3n) is 3.79. The van der Waals surface area contributed by atoms with E-state index in [1.54, 1.807) is 25.8 Å². The van der Waals surface area contributed by atoms with Crippen LogP contribution in [0.3, 0.4) is 0 Å². The van der Waals surface area contributed by atoms with Crippen LogP contribution >= 0.6 is 11.7 Å². The summed E-state index contributed by atoms with van der Waals surface area (Å²) in [5, 5.41) is 13.5. The SMILES string of the molecule is Cc1noc(C)c1C(C(=O)O)N(C)Cc1ccc2nsnc2c1. The van der Waals surface area contributed by atoms with Crippen molar-refractivity contribution >= 4 is 28.7 Å². The molecule has 0 spiro atoms. The molecule has 0 radical (unpaired) electrons. The average Bonchev–Trinajstić information content (AvgIpc) is 3.08. The summed E-state index contributed by atoms with van der Waals surface area (Å²) in [6.07, 6.45) is 0. The third-order valence-corrected chi connectivity index (χ3v) is 4.34. The second kappa shape index (κ2) is 6.05. The lowest BCUT2D eigenvalue weighted by molar-refractivity contribution is -0.143. The lowest BCUT2D eigenvalue weighted by Gasteiger charge is -2.24. The Morgan fingerprint density at radius 3 is 2.74 bits per heavy atom. The van der Waals surface area contributed by atoms with Gasteiger partial charge in [0, 0.05) is 12.1 Å². The number of carboxylic acids is 1. The number of nitrogens with zero attached hydrogens (tertiary/aromatic N) is 4. The topological polar surface area (TPSA) is 92.3 Å². The molecule has 0 fully saturated rings. The summed E-state index contributed by atoms with van der Waals surface area (Å²) in [6.45, 7) is 3.95. The number of hydrogen-bond donors (Lipinski definition) is 1. The van der Waals surface area contributed by atoms with Crippen molar-refractivity contribution in [2.24, 2.45) is 0 Å². The molecule has 23 heavy (non-hydrogen) atoms. The molecular weight excluding hydrogens is 316 g/mol.